The van der Waals surface area contributed by atoms with E-state index in [0.29, 0.717) is 5.56 Å². The molecule has 29 heavy (non-hydrogen) atoms. The van der Waals surface area contributed by atoms with Crippen molar-refractivity contribution in [3.8, 4) is 11.3 Å². The lowest BCUT2D eigenvalue weighted by molar-refractivity contribution is 0.0737. The van der Waals surface area contributed by atoms with Crippen molar-refractivity contribution in [2.45, 2.75) is 32.4 Å². The predicted octanol–water partition coefficient (Wildman–Crippen LogP) is 4.55. The number of rotatable bonds is 4. The van der Waals surface area contributed by atoms with Gasteiger partial charge >= 0.3 is 0 Å². The maximum atomic E-state index is 13.7. The fourth-order valence-electron chi connectivity index (χ4n) is 3.99. The molecule has 146 valence electrons. The predicted molar refractivity (Wildman–Crippen MR) is 114 cm³/mol. The summed E-state index contributed by atoms with van der Waals surface area (Å²) in [4.78, 5) is 24.9. The van der Waals surface area contributed by atoms with Crippen LogP contribution in [0.2, 0.25) is 0 Å². The summed E-state index contributed by atoms with van der Waals surface area (Å²) in [6, 6.07) is 9.82. The zero-order valence-corrected chi connectivity index (χ0v) is 17.0. The van der Waals surface area contributed by atoms with E-state index in [2.05, 4.69) is 10.1 Å². The summed E-state index contributed by atoms with van der Waals surface area (Å²) < 4.78 is 1.87. The molecule has 0 unspecified atom stereocenters. The van der Waals surface area contributed by atoms with Gasteiger partial charge in [-0.1, -0.05) is 18.2 Å². The number of likely N-dealkylation sites (tertiary alicyclic amines) is 1. The number of fused-ring (bicyclic) bond motifs is 1. The van der Waals surface area contributed by atoms with Crippen LogP contribution in [0.3, 0.4) is 0 Å². The molecule has 4 aromatic rings. The van der Waals surface area contributed by atoms with Crippen molar-refractivity contribution in [3.63, 3.8) is 0 Å². The molecule has 0 saturated carbocycles. The highest BCUT2D eigenvalue weighted by Gasteiger charge is 2.33. The molecule has 1 atom stereocenters. The SMILES string of the molecule is CCn1cc(-c2cc(C(=O)N3CCC[C@H]3c3nccs3)c3ccccc3n2)cn1. The second-order valence-electron chi connectivity index (χ2n) is 7.18. The van der Waals surface area contributed by atoms with E-state index >= 15 is 0 Å². The van der Waals surface area contributed by atoms with E-state index < -0.39 is 0 Å². The second-order valence-corrected chi connectivity index (χ2v) is 8.11. The van der Waals surface area contributed by atoms with Crippen LogP contribution in [0, 0.1) is 0 Å². The van der Waals surface area contributed by atoms with Crippen molar-refractivity contribution in [1.82, 2.24) is 24.6 Å². The number of aromatic nitrogens is 4. The van der Waals surface area contributed by atoms with Gasteiger partial charge in [-0.25, -0.2) is 9.97 Å². The van der Waals surface area contributed by atoms with Gasteiger partial charge in [-0.3, -0.25) is 9.48 Å². The van der Waals surface area contributed by atoms with Crippen molar-refractivity contribution in [3.05, 3.63) is 64.9 Å². The van der Waals surface area contributed by atoms with Gasteiger partial charge in [0.1, 0.15) is 5.01 Å². The van der Waals surface area contributed by atoms with Crippen molar-refractivity contribution >= 4 is 28.1 Å². The number of aryl methyl sites for hydroxylation is 1. The lowest BCUT2D eigenvalue weighted by Crippen LogP contribution is -2.30. The first kappa shape index (κ1) is 18.0. The van der Waals surface area contributed by atoms with Gasteiger partial charge in [0.2, 0.25) is 0 Å². The van der Waals surface area contributed by atoms with Crippen molar-refractivity contribution in [2.75, 3.05) is 6.54 Å². The number of carbonyl (C=O) groups excluding carboxylic acids is 1. The smallest absolute Gasteiger partial charge is 0.255 e. The Hall–Kier alpha value is -3.06. The lowest BCUT2D eigenvalue weighted by atomic mass is 10.0. The highest BCUT2D eigenvalue weighted by Crippen LogP contribution is 2.35. The molecule has 1 aromatic carbocycles. The molecule has 5 rings (SSSR count). The number of hydrogen-bond acceptors (Lipinski definition) is 5. The first-order chi connectivity index (χ1) is 14.2. The zero-order valence-electron chi connectivity index (χ0n) is 16.2. The van der Waals surface area contributed by atoms with E-state index in [1.807, 2.05) is 70.8 Å². The summed E-state index contributed by atoms with van der Waals surface area (Å²) in [5.74, 6) is 0.0467. The lowest BCUT2D eigenvalue weighted by Gasteiger charge is -2.24. The van der Waals surface area contributed by atoms with Crippen LogP contribution < -0.4 is 0 Å². The van der Waals surface area contributed by atoms with E-state index in [9.17, 15) is 4.79 Å². The summed E-state index contributed by atoms with van der Waals surface area (Å²) in [5, 5.41) is 8.23. The Morgan fingerprint density at radius 2 is 2.21 bits per heavy atom. The fraction of sp³-hybridized carbons (Fsp3) is 0.273. The number of para-hydroxylation sites is 1. The van der Waals surface area contributed by atoms with Crippen LogP contribution in [0.5, 0.6) is 0 Å². The van der Waals surface area contributed by atoms with Crippen LogP contribution in [0.15, 0.2) is 54.3 Å². The van der Waals surface area contributed by atoms with Gasteiger partial charge in [0.25, 0.3) is 5.91 Å². The van der Waals surface area contributed by atoms with Crippen LogP contribution in [-0.2, 0) is 6.54 Å². The Morgan fingerprint density at radius 1 is 1.31 bits per heavy atom. The molecule has 0 N–H and O–H groups in total. The van der Waals surface area contributed by atoms with Crippen LogP contribution in [0.4, 0.5) is 0 Å². The van der Waals surface area contributed by atoms with Gasteiger partial charge in [-0.05, 0) is 31.9 Å². The number of thiazole rings is 1. The van der Waals surface area contributed by atoms with E-state index in [1.165, 1.54) is 0 Å². The molecule has 0 radical (unpaired) electrons. The van der Waals surface area contributed by atoms with Crippen LogP contribution >= 0.6 is 11.3 Å². The third kappa shape index (κ3) is 3.21. The average Bonchev–Trinajstić information content (AvgIpc) is 3.53. The van der Waals surface area contributed by atoms with Crippen LogP contribution in [-0.4, -0.2) is 37.1 Å². The maximum absolute atomic E-state index is 13.7. The van der Waals surface area contributed by atoms with E-state index in [0.717, 1.165) is 53.1 Å². The number of pyridine rings is 1. The number of hydrogen-bond donors (Lipinski definition) is 0. The largest absolute Gasteiger partial charge is 0.329 e. The van der Waals surface area contributed by atoms with Gasteiger partial charge < -0.3 is 4.90 Å². The van der Waals surface area contributed by atoms with Crippen LogP contribution in [0.25, 0.3) is 22.2 Å². The molecule has 6 nitrogen and oxygen atoms in total. The Kier molecular flexibility index (Phi) is 4.60. The Balaban J connectivity index is 1.60. The Morgan fingerprint density at radius 3 is 3.00 bits per heavy atom. The molecular formula is C22H21N5OS. The van der Waals surface area contributed by atoms with Gasteiger partial charge in [0, 0.05) is 41.8 Å². The summed E-state index contributed by atoms with van der Waals surface area (Å²) in [6.07, 6.45) is 7.54. The summed E-state index contributed by atoms with van der Waals surface area (Å²) in [7, 11) is 0. The minimum atomic E-state index is 0.0467. The molecular weight excluding hydrogens is 382 g/mol. The molecule has 1 aliphatic rings. The molecule has 7 heteroatoms. The summed E-state index contributed by atoms with van der Waals surface area (Å²) >= 11 is 1.62. The van der Waals surface area contributed by atoms with Crippen molar-refractivity contribution in [1.29, 1.82) is 0 Å². The maximum Gasteiger partial charge on any atom is 0.255 e. The molecule has 3 aromatic heterocycles. The van der Waals surface area contributed by atoms with Gasteiger partial charge in [-0.15, -0.1) is 11.3 Å². The summed E-state index contributed by atoms with van der Waals surface area (Å²) in [5.41, 5.74) is 3.21. The van der Waals surface area contributed by atoms with E-state index in [4.69, 9.17) is 4.98 Å². The zero-order chi connectivity index (χ0) is 19.8. The van der Waals surface area contributed by atoms with Crippen molar-refractivity contribution in [2.24, 2.45) is 0 Å². The van der Waals surface area contributed by atoms with Gasteiger partial charge in [0.15, 0.2) is 0 Å². The number of benzene rings is 1. The van der Waals surface area contributed by atoms with E-state index in [1.54, 1.807) is 11.3 Å². The highest BCUT2D eigenvalue weighted by atomic mass is 32.1. The standard InChI is InChI=1S/C22H21N5OS/c1-2-26-14-15(13-24-26)19-12-17(16-6-3-4-7-18(16)25-19)22(28)27-10-5-8-20(27)21-23-9-11-29-21/h3-4,6-7,9,11-14,20H,2,5,8,10H2,1H3/t20-/m0/s1. The number of nitrogens with zero attached hydrogens (tertiary/aromatic N) is 5. The normalized spacial score (nSPS) is 16.6. The number of amides is 1. The first-order valence-corrected chi connectivity index (χ1v) is 10.8. The second kappa shape index (κ2) is 7.40. The minimum Gasteiger partial charge on any atom is -0.329 e. The molecule has 1 saturated heterocycles. The average molecular weight is 404 g/mol. The molecule has 1 fully saturated rings. The molecule has 0 spiro atoms. The third-order valence-electron chi connectivity index (χ3n) is 5.45. The molecule has 0 aliphatic carbocycles. The van der Waals surface area contributed by atoms with Crippen molar-refractivity contribution < 1.29 is 4.79 Å². The monoisotopic (exact) mass is 403 g/mol. The number of carbonyl (C=O) groups is 1. The Bertz CT molecular complexity index is 1170. The molecule has 0 bridgehead atoms. The quantitative estimate of drug-likeness (QED) is 0.501. The first-order valence-electron chi connectivity index (χ1n) is 9.87. The Labute approximate surface area is 172 Å². The molecule has 1 aliphatic heterocycles. The van der Waals surface area contributed by atoms with Gasteiger partial charge in [-0.2, -0.15) is 5.10 Å². The topological polar surface area (TPSA) is 63.9 Å². The molecule has 1 amide bonds. The minimum absolute atomic E-state index is 0.0467. The molecule has 4 heterocycles. The van der Waals surface area contributed by atoms with E-state index in [-0.39, 0.29) is 11.9 Å². The van der Waals surface area contributed by atoms with Crippen LogP contribution in [0.1, 0.15) is 41.2 Å². The summed E-state index contributed by atoms with van der Waals surface area (Å²) in [6.45, 7) is 3.59. The third-order valence-corrected chi connectivity index (χ3v) is 6.33. The van der Waals surface area contributed by atoms with Gasteiger partial charge in [0.05, 0.1) is 29.0 Å². The highest BCUT2D eigenvalue weighted by molar-refractivity contribution is 7.09. The fourth-order valence-corrected chi connectivity index (χ4v) is 4.77.